The van der Waals surface area contributed by atoms with Crippen molar-refractivity contribution in [1.82, 2.24) is 5.01 Å². The number of benzene rings is 1. The molecule has 0 radical (unpaired) electrons. The van der Waals surface area contributed by atoms with Crippen LogP contribution in [0.5, 0.6) is 0 Å². The third-order valence-electron chi connectivity index (χ3n) is 3.84. The molecule has 0 aliphatic carbocycles. The van der Waals surface area contributed by atoms with E-state index in [1.54, 1.807) is 0 Å². The molecule has 2 rings (SSSR count). The van der Waals surface area contributed by atoms with Crippen molar-refractivity contribution < 1.29 is 0 Å². The molecule has 1 aliphatic heterocycles. The van der Waals surface area contributed by atoms with Crippen LogP contribution in [0.25, 0.3) is 0 Å². The van der Waals surface area contributed by atoms with E-state index >= 15 is 0 Å². The number of nitriles is 1. The fourth-order valence-electron chi connectivity index (χ4n) is 2.57. The first kappa shape index (κ1) is 15.4. The van der Waals surface area contributed by atoms with Crippen molar-refractivity contribution in [2.75, 3.05) is 31.1 Å². The molecule has 4 nitrogen and oxygen atoms in total. The van der Waals surface area contributed by atoms with E-state index < -0.39 is 0 Å². The smallest absolute Gasteiger partial charge is 0.0640 e. The summed E-state index contributed by atoms with van der Waals surface area (Å²) in [6.07, 6.45) is 6.34. The Kier molecular flexibility index (Phi) is 6.08. The van der Waals surface area contributed by atoms with E-state index in [4.69, 9.17) is 5.26 Å². The van der Waals surface area contributed by atoms with Crippen molar-refractivity contribution in [3.8, 4) is 6.07 Å². The van der Waals surface area contributed by atoms with Gasteiger partial charge in [0.15, 0.2) is 0 Å². The van der Waals surface area contributed by atoms with E-state index in [9.17, 15) is 0 Å². The highest BCUT2D eigenvalue weighted by atomic mass is 15.4. The summed E-state index contributed by atoms with van der Waals surface area (Å²) in [6.45, 7) is 5.97. The molecule has 1 fully saturated rings. The second-order valence-electron chi connectivity index (χ2n) is 5.34. The van der Waals surface area contributed by atoms with E-state index in [0.29, 0.717) is 6.42 Å². The summed E-state index contributed by atoms with van der Waals surface area (Å²) in [4.78, 5) is 2.22. The monoisotopic (exact) mass is 284 g/mol. The van der Waals surface area contributed by atoms with Crippen LogP contribution in [0, 0.1) is 11.3 Å². The number of nitrogens with zero attached hydrogens (tertiary/aromatic N) is 4. The second-order valence-corrected chi connectivity index (χ2v) is 5.34. The topological polar surface area (TPSA) is 42.6 Å². The highest BCUT2D eigenvalue weighted by Crippen LogP contribution is 2.15. The molecule has 1 aromatic carbocycles. The van der Waals surface area contributed by atoms with Crippen molar-refractivity contribution in [1.29, 1.82) is 5.26 Å². The van der Waals surface area contributed by atoms with Gasteiger partial charge in [0.05, 0.1) is 18.7 Å². The summed E-state index contributed by atoms with van der Waals surface area (Å²) in [7, 11) is 0. The number of hydrogen-bond donors (Lipinski definition) is 0. The average Bonchev–Trinajstić information content (AvgIpc) is 2.56. The van der Waals surface area contributed by atoms with Crippen LogP contribution in [0.2, 0.25) is 0 Å². The Balaban J connectivity index is 1.94. The van der Waals surface area contributed by atoms with Crippen molar-refractivity contribution in [3.63, 3.8) is 0 Å². The summed E-state index contributed by atoms with van der Waals surface area (Å²) in [5.74, 6) is 0. The maximum atomic E-state index is 8.70. The van der Waals surface area contributed by atoms with Crippen molar-refractivity contribution >= 4 is 11.9 Å². The van der Waals surface area contributed by atoms with Gasteiger partial charge in [0.1, 0.15) is 0 Å². The molecule has 1 saturated heterocycles. The molecule has 0 spiro atoms. The molecule has 0 atom stereocenters. The zero-order chi connectivity index (χ0) is 14.9. The molecule has 4 heteroatoms. The molecule has 112 valence electrons. The van der Waals surface area contributed by atoms with E-state index in [-0.39, 0.29) is 0 Å². The summed E-state index contributed by atoms with van der Waals surface area (Å²) < 4.78 is 0. The Labute approximate surface area is 127 Å². The highest BCUT2D eigenvalue weighted by Gasteiger charge is 2.06. The van der Waals surface area contributed by atoms with Gasteiger partial charge in [-0.25, -0.2) is 0 Å². The van der Waals surface area contributed by atoms with Gasteiger partial charge in [-0.1, -0.05) is 12.1 Å². The molecular formula is C17H24N4. The largest absolute Gasteiger partial charge is 0.371 e. The van der Waals surface area contributed by atoms with Gasteiger partial charge in [0.2, 0.25) is 0 Å². The number of hydrazone groups is 1. The zero-order valence-corrected chi connectivity index (χ0v) is 12.8. The SMILES string of the molecule is CCN(CCC#N)c1ccc(C=NN2CCCCC2)cc1. The maximum absolute atomic E-state index is 8.70. The first-order valence-electron chi connectivity index (χ1n) is 7.84. The predicted octanol–water partition coefficient (Wildman–Crippen LogP) is 3.25. The summed E-state index contributed by atoms with van der Waals surface area (Å²) in [5.41, 5.74) is 2.29. The minimum absolute atomic E-state index is 0.562. The molecule has 0 unspecified atom stereocenters. The van der Waals surface area contributed by atoms with Crippen LogP contribution >= 0.6 is 0 Å². The number of piperidine rings is 1. The Morgan fingerprint density at radius 1 is 1.24 bits per heavy atom. The van der Waals surface area contributed by atoms with E-state index in [0.717, 1.165) is 31.7 Å². The lowest BCUT2D eigenvalue weighted by molar-refractivity contribution is 0.240. The van der Waals surface area contributed by atoms with Gasteiger partial charge < -0.3 is 4.90 Å². The van der Waals surface area contributed by atoms with Crippen molar-refractivity contribution in [3.05, 3.63) is 29.8 Å². The zero-order valence-electron chi connectivity index (χ0n) is 12.8. The minimum atomic E-state index is 0.562. The lowest BCUT2D eigenvalue weighted by Crippen LogP contribution is -2.24. The number of rotatable bonds is 6. The standard InChI is InChI=1S/C17H24N4/c1-2-20(12-6-11-18)17-9-7-16(8-10-17)15-19-21-13-4-3-5-14-21/h7-10,15H,2-6,12-14H2,1H3. The van der Waals surface area contributed by atoms with Crippen LogP contribution < -0.4 is 4.90 Å². The quantitative estimate of drug-likeness (QED) is 0.753. The van der Waals surface area contributed by atoms with Crippen molar-refractivity contribution in [2.45, 2.75) is 32.6 Å². The van der Waals surface area contributed by atoms with Gasteiger partial charge >= 0.3 is 0 Å². The average molecular weight is 284 g/mol. The summed E-state index contributed by atoms with van der Waals surface area (Å²) >= 11 is 0. The molecule has 0 N–H and O–H groups in total. The first-order chi connectivity index (χ1) is 10.3. The van der Waals surface area contributed by atoms with Gasteiger partial charge in [0, 0.05) is 31.9 Å². The minimum Gasteiger partial charge on any atom is -0.371 e. The lowest BCUT2D eigenvalue weighted by Gasteiger charge is -2.23. The Bertz CT molecular complexity index is 481. The third-order valence-corrected chi connectivity index (χ3v) is 3.84. The van der Waals surface area contributed by atoms with Gasteiger partial charge in [-0.3, -0.25) is 5.01 Å². The summed E-state index contributed by atoms with van der Waals surface area (Å²) in [6, 6.07) is 10.6. The highest BCUT2D eigenvalue weighted by molar-refractivity contribution is 5.80. The number of hydrogen-bond acceptors (Lipinski definition) is 4. The Morgan fingerprint density at radius 3 is 2.57 bits per heavy atom. The van der Waals surface area contributed by atoms with E-state index in [1.807, 2.05) is 6.21 Å². The second kappa shape index (κ2) is 8.31. The van der Waals surface area contributed by atoms with Gasteiger partial charge in [-0.05, 0) is 43.9 Å². The molecule has 0 bridgehead atoms. The Hall–Kier alpha value is -2.02. The third kappa shape index (κ3) is 4.78. The van der Waals surface area contributed by atoms with Gasteiger partial charge in [-0.15, -0.1) is 0 Å². The normalized spacial score (nSPS) is 15.1. The van der Waals surface area contributed by atoms with Crippen LogP contribution in [0.3, 0.4) is 0 Å². The molecule has 21 heavy (non-hydrogen) atoms. The van der Waals surface area contributed by atoms with Crippen LogP contribution in [-0.4, -0.2) is 37.4 Å². The molecule has 1 aromatic rings. The van der Waals surface area contributed by atoms with Gasteiger partial charge in [0.25, 0.3) is 0 Å². The van der Waals surface area contributed by atoms with Crippen LogP contribution in [0.1, 0.15) is 38.2 Å². The molecule has 1 aliphatic rings. The fraction of sp³-hybridized carbons (Fsp3) is 0.529. The molecule has 0 saturated carbocycles. The molecular weight excluding hydrogens is 260 g/mol. The first-order valence-corrected chi connectivity index (χ1v) is 7.84. The van der Waals surface area contributed by atoms with E-state index in [1.165, 1.54) is 24.9 Å². The predicted molar refractivity (Wildman–Crippen MR) is 87.6 cm³/mol. The maximum Gasteiger partial charge on any atom is 0.0640 e. The Morgan fingerprint density at radius 2 is 1.95 bits per heavy atom. The number of anilines is 1. The fourth-order valence-corrected chi connectivity index (χ4v) is 2.57. The van der Waals surface area contributed by atoms with Crippen LogP contribution in [0.15, 0.2) is 29.4 Å². The van der Waals surface area contributed by atoms with Gasteiger partial charge in [-0.2, -0.15) is 10.4 Å². The summed E-state index contributed by atoms with van der Waals surface area (Å²) in [5, 5.41) is 15.4. The molecule has 0 amide bonds. The lowest BCUT2D eigenvalue weighted by atomic mass is 10.2. The molecule has 0 aromatic heterocycles. The van der Waals surface area contributed by atoms with E-state index in [2.05, 4.69) is 52.3 Å². The molecule has 1 heterocycles. The van der Waals surface area contributed by atoms with Crippen LogP contribution in [0.4, 0.5) is 5.69 Å². The van der Waals surface area contributed by atoms with Crippen molar-refractivity contribution in [2.24, 2.45) is 5.10 Å². The van der Waals surface area contributed by atoms with Crippen LogP contribution in [-0.2, 0) is 0 Å².